The zero-order chi connectivity index (χ0) is 12.1. The van der Waals surface area contributed by atoms with E-state index in [4.69, 9.17) is 9.84 Å². The SMILES string of the molecule is CC(O)C(C)OC(C(=O)O)c1cccnc1. The van der Waals surface area contributed by atoms with Crippen LogP contribution in [0, 0.1) is 0 Å². The normalized spacial score (nSPS) is 16.4. The summed E-state index contributed by atoms with van der Waals surface area (Å²) in [6.07, 6.45) is 0.617. The Morgan fingerprint density at radius 2 is 2.19 bits per heavy atom. The average Bonchev–Trinajstić information content (AvgIpc) is 2.26. The molecule has 0 radical (unpaired) electrons. The van der Waals surface area contributed by atoms with E-state index in [1.54, 1.807) is 32.2 Å². The van der Waals surface area contributed by atoms with E-state index in [-0.39, 0.29) is 0 Å². The molecule has 0 saturated heterocycles. The second kappa shape index (κ2) is 5.58. The zero-order valence-corrected chi connectivity index (χ0v) is 9.20. The van der Waals surface area contributed by atoms with Crippen LogP contribution < -0.4 is 0 Å². The van der Waals surface area contributed by atoms with Crippen LogP contribution in [0.4, 0.5) is 0 Å². The highest BCUT2D eigenvalue weighted by atomic mass is 16.5. The number of carboxylic acid groups (broad SMARTS) is 1. The number of aliphatic hydroxyl groups excluding tert-OH is 1. The van der Waals surface area contributed by atoms with Gasteiger partial charge in [-0.05, 0) is 19.9 Å². The highest BCUT2D eigenvalue weighted by Gasteiger charge is 2.24. The number of rotatable bonds is 5. The van der Waals surface area contributed by atoms with Gasteiger partial charge in [0.2, 0.25) is 0 Å². The molecule has 0 aliphatic heterocycles. The van der Waals surface area contributed by atoms with Crippen molar-refractivity contribution in [3.05, 3.63) is 30.1 Å². The van der Waals surface area contributed by atoms with Gasteiger partial charge in [-0.25, -0.2) is 4.79 Å². The zero-order valence-electron chi connectivity index (χ0n) is 9.20. The van der Waals surface area contributed by atoms with E-state index < -0.39 is 24.3 Å². The summed E-state index contributed by atoms with van der Waals surface area (Å²) in [5.74, 6) is -1.10. The minimum Gasteiger partial charge on any atom is -0.479 e. The lowest BCUT2D eigenvalue weighted by atomic mass is 10.1. The number of carboxylic acids is 1. The smallest absolute Gasteiger partial charge is 0.337 e. The monoisotopic (exact) mass is 225 g/mol. The van der Waals surface area contributed by atoms with Gasteiger partial charge in [-0.3, -0.25) is 4.98 Å². The van der Waals surface area contributed by atoms with Gasteiger partial charge in [-0.1, -0.05) is 6.07 Å². The van der Waals surface area contributed by atoms with Gasteiger partial charge in [0.15, 0.2) is 6.10 Å². The first-order valence-corrected chi connectivity index (χ1v) is 4.98. The van der Waals surface area contributed by atoms with Gasteiger partial charge in [0.05, 0.1) is 12.2 Å². The summed E-state index contributed by atoms with van der Waals surface area (Å²) in [5, 5.41) is 18.3. The summed E-state index contributed by atoms with van der Waals surface area (Å²) in [6, 6.07) is 3.27. The number of aliphatic hydroxyl groups is 1. The van der Waals surface area contributed by atoms with Crippen LogP contribution in [-0.2, 0) is 9.53 Å². The highest BCUT2D eigenvalue weighted by molar-refractivity contribution is 5.74. The Bertz CT molecular complexity index is 339. The maximum absolute atomic E-state index is 11.0. The topological polar surface area (TPSA) is 79.7 Å². The Morgan fingerprint density at radius 3 is 2.62 bits per heavy atom. The van der Waals surface area contributed by atoms with Crippen LogP contribution in [0.1, 0.15) is 25.5 Å². The van der Waals surface area contributed by atoms with Gasteiger partial charge in [-0.2, -0.15) is 0 Å². The summed E-state index contributed by atoms with van der Waals surface area (Å²) in [6.45, 7) is 3.17. The van der Waals surface area contributed by atoms with Crippen molar-refractivity contribution in [2.24, 2.45) is 0 Å². The van der Waals surface area contributed by atoms with Gasteiger partial charge < -0.3 is 14.9 Å². The molecule has 0 fully saturated rings. The fraction of sp³-hybridized carbons (Fsp3) is 0.455. The third-order valence-corrected chi connectivity index (χ3v) is 2.24. The lowest BCUT2D eigenvalue weighted by molar-refractivity contribution is -0.158. The molecule has 0 amide bonds. The molecule has 0 bridgehead atoms. The van der Waals surface area contributed by atoms with E-state index in [1.807, 2.05) is 0 Å². The Morgan fingerprint density at radius 1 is 1.50 bits per heavy atom. The van der Waals surface area contributed by atoms with Crippen molar-refractivity contribution in [1.29, 1.82) is 0 Å². The summed E-state index contributed by atoms with van der Waals surface area (Å²) in [4.78, 5) is 14.9. The maximum atomic E-state index is 11.0. The molecular formula is C11H15NO4. The summed E-state index contributed by atoms with van der Waals surface area (Å²) >= 11 is 0. The second-order valence-corrected chi connectivity index (χ2v) is 3.59. The van der Waals surface area contributed by atoms with E-state index in [1.165, 1.54) is 6.20 Å². The van der Waals surface area contributed by atoms with Gasteiger partial charge in [0.25, 0.3) is 0 Å². The largest absolute Gasteiger partial charge is 0.479 e. The average molecular weight is 225 g/mol. The molecule has 1 rings (SSSR count). The van der Waals surface area contributed by atoms with E-state index in [9.17, 15) is 9.90 Å². The summed E-state index contributed by atoms with van der Waals surface area (Å²) < 4.78 is 5.27. The number of hydrogen-bond acceptors (Lipinski definition) is 4. The number of pyridine rings is 1. The minimum atomic E-state index is -1.10. The molecule has 16 heavy (non-hydrogen) atoms. The van der Waals surface area contributed by atoms with Crippen LogP contribution in [0.5, 0.6) is 0 Å². The molecule has 1 aromatic heterocycles. The highest BCUT2D eigenvalue weighted by Crippen LogP contribution is 2.19. The van der Waals surface area contributed by atoms with Crippen LogP contribution in [0.15, 0.2) is 24.5 Å². The first kappa shape index (κ1) is 12.6. The molecule has 0 aliphatic carbocycles. The number of carbonyl (C=O) groups is 1. The van der Waals surface area contributed by atoms with E-state index >= 15 is 0 Å². The number of ether oxygens (including phenoxy) is 1. The van der Waals surface area contributed by atoms with Crippen molar-refractivity contribution in [3.63, 3.8) is 0 Å². The third kappa shape index (κ3) is 3.29. The standard InChI is InChI=1S/C11H15NO4/c1-7(13)8(2)16-10(11(14)15)9-4-3-5-12-6-9/h3-8,10,13H,1-2H3,(H,14,15). The quantitative estimate of drug-likeness (QED) is 0.781. The number of nitrogens with zero attached hydrogens (tertiary/aromatic N) is 1. The molecule has 3 atom stereocenters. The molecule has 5 heteroatoms. The van der Waals surface area contributed by atoms with E-state index in [0.717, 1.165) is 0 Å². The van der Waals surface area contributed by atoms with Crippen molar-refractivity contribution in [3.8, 4) is 0 Å². The fourth-order valence-corrected chi connectivity index (χ4v) is 1.14. The van der Waals surface area contributed by atoms with E-state index in [2.05, 4.69) is 4.98 Å². The van der Waals surface area contributed by atoms with Gasteiger partial charge in [-0.15, -0.1) is 0 Å². The summed E-state index contributed by atoms with van der Waals surface area (Å²) in [5.41, 5.74) is 0.461. The second-order valence-electron chi connectivity index (χ2n) is 3.59. The molecule has 3 unspecified atom stereocenters. The Labute approximate surface area is 93.7 Å². The molecule has 0 spiro atoms. The predicted molar refractivity (Wildman–Crippen MR) is 56.8 cm³/mol. The Kier molecular flexibility index (Phi) is 4.39. The molecule has 0 saturated carbocycles. The van der Waals surface area contributed by atoms with Crippen LogP contribution in [-0.4, -0.2) is 33.4 Å². The molecule has 5 nitrogen and oxygen atoms in total. The van der Waals surface area contributed by atoms with Crippen molar-refractivity contribution in [2.75, 3.05) is 0 Å². The number of aromatic nitrogens is 1. The molecule has 1 heterocycles. The van der Waals surface area contributed by atoms with Crippen molar-refractivity contribution >= 4 is 5.97 Å². The summed E-state index contributed by atoms with van der Waals surface area (Å²) in [7, 11) is 0. The third-order valence-electron chi connectivity index (χ3n) is 2.24. The fourth-order valence-electron chi connectivity index (χ4n) is 1.14. The maximum Gasteiger partial charge on any atom is 0.337 e. The first-order chi connectivity index (χ1) is 7.52. The molecule has 2 N–H and O–H groups in total. The van der Waals surface area contributed by atoms with Gasteiger partial charge >= 0.3 is 5.97 Å². The predicted octanol–water partition coefficient (Wildman–Crippen LogP) is 0.993. The Hall–Kier alpha value is -1.46. The molecule has 1 aromatic rings. The van der Waals surface area contributed by atoms with Gasteiger partial charge in [0, 0.05) is 18.0 Å². The lowest BCUT2D eigenvalue weighted by Crippen LogP contribution is -2.28. The van der Waals surface area contributed by atoms with Crippen molar-refractivity contribution in [1.82, 2.24) is 4.98 Å². The van der Waals surface area contributed by atoms with Crippen molar-refractivity contribution < 1.29 is 19.7 Å². The molecule has 88 valence electrons. The van der Waals surface area contributed by atoms with Crippen LogP contribution in [0.25, 0.3) is 0 Å². The minimum absolute atomic E-state index is 0.461. The lowest BCUT2D eigenvalue weighted by Gasteiger charge is -2.21. The first-order valence-electron chi connectivity index (χ1n) is 4.98. The molecule has 0 aliphatic rings. The molecular weight excluding hydrogens is 210 g/mol. The van der Waals surface area contributed by atoms with Crippen LogP contribution in [0.3, 0.4) is 0 Å². The van der Waals surface area contributed by atoms with Gasteiger partial charge in [0.1, 0.15) is 0 Å². The Balaban J connectivity index is 2.81. The van der Waals surface area contributed by atoms with Crippen molar-refractivity contribution in [2.45, 2.75) is 32.2 Å². The number of hydrogen-bond donors (Lipinski definition) is 2. The van der Waals surface area contributed by atoms with E-state index in [0.29, 0.717) is 5.56 Å². The van der Waals surface area contributed by atoms with Crippen LogP contribution in [0.2, 0.25) is 0 Å². The van der Waals surface area contributed by atoms with Crippen LogP contribution >= 0.6 is 0 Å². The molecule has 0 aromatic carbocycles. The number of aliphatic carboxylic acids is 1.